The highest BCUT2D eigenvalue weighted by Crippen LogP contribution is 2.35. The lowest BCUT2D eigenvalue weighted by atomic mass is 10.0. The van der Waals surface area contributed by atoms with Crippen LogP contribution in [0.5, 0.6) is 5.88 Å². The van der Waals surface area contributed by atoms with Gasteiger partial charge in [0, 0.05) is 32.9 Å². The molecule has 0 saturated carbocycles. The Morgan fingerprint density at radius 3 is 2.87 bits per heavy atom. The van der Waals surface area contributed by atoms with Crippen molar-refractivity contribution in [2.45, 2.75) is 12.8 Å². The van der Waals surface area contributed by atoms with Gasteiger partial charge in [-0.3, -0.25) is 4.79 Å². The molecule has 7 heteroatoms. The number of rotatable bonds is 3. The highest BCUT2D eigenvalue weighted by molar-refractivity contribution is 6.07. The van der Waals surface area contributed by atoms with Gasteiger partial charge in [0.25, 0.3) is 5.91 Å². The lowest BCUT2D eigenvalue weighted by Crippen LogP contribution is -2.37. The van der Waals surface area contributed by atoms with Gasteiger partial charge in [0.15, 0.2) is 5.82 Å². The molecule has 2 aromatic rings. The largest absolute Gasteiger partial charge is 0.481 e. The predicted molar refractivity (Wildman–Crippen MR) is 87.1 cm³/mol. The molecule has 0 saturated heterocycles. The number of amides is 1. The van der Waals surface area contributed by atoms with E-state index in [9.17, 15) is 4.79 Å². The van der Waals surface area contributed by atoms with Crippen molar-refractivity contribution in [1.29, 1.82) is 0 Å². The summed E-state index contributed by atoms with van der Waals surface area (Å²) in [5.74, 6) is 0.999. The quantitative estimate of drug-likeness (QED) is 0.856. The maximum absolute atomic E-state index is 12.9. The molecular formula is C16H19N5O2. The molecule has 0 aromatic carbocycles. The van der Waals surface area contributed by atoms with Crippen LogP contribution in [0.3, 0.4) is 0 Å². The van der Waals surface area contributed by atoms with E-state index in [2.05, 4.69) is 15.0 Å². The first-order valence-electron chi connectivity index (χ1n) is 7.45. The number of carbonyl (C=O) groups is 1. The summed E-state index contributed by atoms with van der Waals surface area (Å²) in [7, 11) is 5.36. The third kappa shape index (κ3) is 2.81. The molecular weight excluding hydrogens is 294 g/mol. The standard InChI is InChI=1S/C16H19N5O2/c1-20(2)15-14-11(6-7-17-15)5-4-8-21(14)16(22)12-9-13(23-3)19-10-18-12/h6-7,9-10H,4-5,8H2,1-3H3. The summed E-state index contributed by atoms with van der Waals surface area (Å²) < 4.78 is 5.08. The van der Waals surface area contributed by atoms with Crippen molar-refractivity contribution in [3.63, 3.8) is 0 Å². The lowest BCUT2D eigenvalue weighted by Gasteiger charge is -2.32. The van der Waals surface area contributed by atoms with E-state index in [0.29, 0.717) is 18.1 Å². The van der Waals surface area contributed by atoms with Gasteiger partial charge < -0.3 is 14.5 Å². The minimum atomic E-state index is -0.164. The summed E-state index contributed by atoms with van der Waals surface area (Å²) in [5.41, 5.74) is 2.31. The average molecular weight is 313 g/mol. The van der Waals surface area contributed by atoms with Gasteiger partial charge in [0.1, 0.15) is 12.0 Å². The van der Waals surface area contributed by atoms with Crippen LogP contribution in [0.4, 0.5) is 11.5 Å². The second kappa shape index (κ2) is 6.20. The number of nitrogens with zero attached hydrogens (tertiary/aromatic N) is 5. The summed E-state index contributed by atoms with van der Waals surface area (Å²) in [5, 5.41) is 0. The molecule has 0 bridgehead atoms. The minimum Gasteiger partial charge on any atom is -0.481 e. The van der Waals surface area contributed by atoms with Crippen molar-refractivity contribution in [2.75, 3.05) is 37.5 Å². The topological polar surface area (TPSA) is 71.5 Å². The van der Waals surface area contributed by atoms with Crippen LogP contribution in [0.15, 0.2) is 24.7 Å². The van der Waals surface area contributed by atoms with E-state index < -0.39 is 0 Å². The van der Waals surface area contributed by atoms with Crippen LogP contribution in [0, 0.1) is 0 Å². The molecule has 3 rings (SSSR count). The van der Waals surface area contributed by atoms with Crippen molar-refractivity contribution in [1.82, 2.24) is 15.0 Å². The van der Waals surface area contributed by atoms with Crippen LogP contribution >= 0.6 is 0 Å². The van der Waals surface area contributed by atoms with E-state index in [1.165, 1.54) is 13.4 Å². The molecule has 120 valence electrons. The number of pyridine rings is 1. The van der Waals surface area contributed by atoms with E-state index in [1.807, 2.05) is 25.1 Å². The Hall–Kier alpha value is -2.70. The van der Waals surface area contributed by atoms with Gasteiger partial charge in [-0.15, -0.1) is 0 Å². The Kier molecular flexibility index (Phi) is 4.10. The molecule has 0 spiro atoms. The molecule has 7 nitrogen and oxygen atoms in total. The summed E-state index contributed by atoms with van der Waals surface area (Å²) in [6.07, 6.45) is 4.98. The highest BCUT2D eigenvalue weighted by Gasteiger charge is 2.28. The number of aromatic nitrogens is 3. The van der Waals surface area contributed by atoms with E-state index in [-0.39, 0.29) is 5.91 Å². The SMILES string of the molecule is COc1cc(C(=O)N2CCCc3ccnc(N(C)C)c32)ncn1. The number of anilines is 2. The van der Waals surface area contributed by atoms with Crippen LogP contribution in [0.2, 0.25) is 0 Å². The highest BCUT2D eigenvalue weighted by atomic mass is 16.5. The number of fused-ring (bicyclic) bond motifs is 1. The number of ether oxygens (including phenoxy) is 1. The Bertz CT molecular complexity index is 732. The fraction of sp³-hybridized carbons (Fsp3) is 0.375. The van der Waals surface area contributed by atoms with E-state index >= 15 is 0 Å². The third-order valence-corrected chi connectivity index (χ3v) is 3.83. The maximum Gasteiger partial charge on any atom is 0.277 e. The summed E-state index contributed by atoms with van der Waals surface area (Å²) >= 11 is 0. The fourth-order valence-corrected chi connectivity index (χ4v) is 2.75. The molecule has 0 aliphatic carbocycles. The minimum absolute atomic E-state index is 0.164. The van der Waals surface area contributed by atoms with Gasteiger partial charge in [-0.2, -0.15) is 0 Å². The number of methoxy groups -OCH3 is 1. The molecule has 0 fully saturated rings. The Balaban J connectivity index is 2.04. The molecule has 0 N–H and O–H groups in total. The lowest BCUT2D eigenvalue weighted by molar-refractivity contribution is 0.0979. The molecule has 1 amide bonds. The van der Waals surface area contributed by atoms with Gasteiger partial charge in [-0.1, -0.05) is 0 Å². The number of carbonyl (C=O) groups excluding carboxylic acids is 1. The Morgan fingerprint density at radius 2 is 2.13 bits per heavy atom. The second-order valence-electron chi connectivity index (χ2n) is 5.54. The van der Waals surface area contributed by atoms with Crippen LogP contribution < -0.4 is 14.5 Å². The average Bonchev–Trinajstić information content (AvgIpc) is 2.60. The molecule has 0 radical (unpaired) electrons. The zero-order valence-electron chi connectivity index (χ0n) is 13.5. The van der Waals surface area contributed by atoms with Gasteiger partial charge >= 0.3 is 0 Å². The molecule has 2 aromatic heterocycles. The van der Waals surface area contributed by atoms with E-state index in [1.54, 1.807) is 17.2 Å². The smallest absolute Gasteiger partial charge is 0.277 e. The van der Waals surface area contributed by atoms with E-state index in [4.69, 9.17) is 4.74 Å². The summed E-state index contributed by atoms with van der Waals surface area (Å²) in [6.45, 7) is 0.644. The molecule has 1 aliphatic heterocycles. The molecule has 23 heavy (non-hydrogen) atoms. The molecule has 3 heterocycles. The maximum atomic E-state index is 12.9. The van der Waals surface area contributed by atoms with E-state index in [0.717, 1.165) is 29.9 Å². The van der Waals surface area contributed by atoms with Crippen molar-refractivity contribution < 1.29 is 9.53 Å². The first-order chi connectivity index (χ1) is 11.1. The van der Waals surface area contributed by atoms with Crippen molar-refractivity contribution >= 4 is 17.4 Å². The van der Waals surface area contributed by atoms with Gasteiger partial charge in [-0.05, 0) is 24.5 Å². The molecule has 0 atom stereocenters. The van der Waals surface area contributed by atoms with Crippen LogP contribution in [-0.2, 0) is 6.42 Å². The summed E-state index contributed by atoms with van der Waals surface area (Å²) in [6, 6.07) is 3.53. The first-order valence-corrected chi connectivity index (χ1v) is 7.45. The van der Waals surface area contributed by atoms with Crippen LogP contribution in [0.1, 0.15) is 22.5 Å². The van der Waals surface area contributed by atoms with Crippen molar-refractivity contribution in [3.05, 3.63) is 35.9 Å². The van der Waals surface area contributed by atoms with Gasteiger partial charge in [0.2, 0.25) is 5.88 Å². The van der Waals surface area contributed by atoms with Crippen LogP contribution in [0.25, 0.3) is 0 Å². The zero-order valence-corrected chi connectivity index (χ0v) is 13.5. The van der Waals surface area contributed by atoms with Gasteiger partial charge in [0.05, 0.1) is 12.8 Å². The number of hydrogen-bond donors (Lipinski definition) is 0. The predicted octanol–water partition coefficient (Wildman–Crippen LogP) is 1.54. The number of aryl methyl sites for hydroxylation is 1. The first kappa shape index (κ1) is 15.2. The Morgan fingerprint density at radius 1 is 1.30 bits per heavy atom. The zero-order chi connectivity index (χ0) is 16.4. The monoisotopic (exact) mass is 313 g/mol. The summed E-state index contributed by atoms with van der Waals surface area (Å²) in [4.78, 5) is 29.1. The van der Waals surface area contributed by atoms with Crippen LogP contribution in [-0.4, -0.2) is 48.6 Å². The second-order valence-corrected chi connectivity index (χ2v) is 5.54. The normalized spacial score (nSPS) is 13.4. The molecule has 0 unspecified atom stereocenters. The van der Waals surface area contributed by atoms with Crippen molar-refractivity contribution in [3.8, 4) is 5.88 Å². The fourth-order valence-electron chi connectivity index (χ4n) is 2.75. The van der Waals surface area contributed by atoms with Gasteiger partial charge in [-0.25, -0.2) is 15.0 Å². The number of hydrogen-bond acceptors (Lipinski definition) is 6. The molecule has 1 aliphatic rings. The third-order valence-electron chi connectivity index (χ3n) is 3.83. The van der Waals surface area contributed by atoms with Crippen molar-refractivity contribution in [2.24, 2.45) is 0 Å². The Labute approximate surface area is 134 Å².